The van der Waals surface area contributed by atoms with Crippen molar-refractivity contribution in [2.24, 2.45) is 11.3 Å². The summed E-state index contributed by atoms with van der Waals surface area (Å²) in [5.41, 5.74) is -1.27. The van der Waals surface area contributed by atoms with E-state index in [4.69, 9.17) is 9.47 Å². The number of rotatable bonds is 0. The molecule has 6 nitrogen and oxygen atoms in total. The number of piperidine rings is 1. The Labute approximate surface area is 131 Å². The van der Waals surface area contributed by atoms with Gasteiger partial charge in [-0.25, -0.2) is 4.79 Å². The molecule has 2 aliphatic heterocycles. The number of carbonyl (C=O) groups is 2. The molecule has 2 atom stereocenters. The summed E-state index contributed by atoms with van der Waals surface area (Å²) in [6.07, 6.45) is 0.644. The van der Waals surface area contributed by atoms with E-state index in [-0.39, 0.29) is 5.78 Å². The molecule has 0 aromatic heterocycles. The number of hydrogen-bond donors (Lipinski definition) is 0. The van der Waals surface area contributed by atoms with Crippen LogP contribution in [0.1, 0.15) is 40.5 Å². The van der Waals surface area contributed by atoms with Crippen LogP contribution in [-0.2, 0) is 14.3 Å². The molecule has 0 aliphatic carbocycles. The molecule has 1 amide bonds. The number of hydrogen-bond acceptors (Lipinski definition) is 5. The maximum Gasteiger partial charge on any atom is 0.410 e. The molecule has 22 heavy (non-hydrogen) atoms. The Morgan fingerprint density at radius 3 is 2.50 bits per heavy atom. The van der Waals surface area contributed by atoms with Gasteiger partial charge in [0.2, 0.25) is 0 Å². The van der Waals surface area contributed by atoms with Crippen molar-refractivity contribution in [1.29, 1.82) is 5.26 Å². The Balaban J connectivity index is 2.28. The fraction of sp³-hybridized carbons (Fsp3) is 0.812. The topological polar surface area (TPSA) is 79.6 Å². The summed E-state index contributed by atoms with van der Waals surface area (Å²) in [4.78, 5) is 26.8. The normalized spacial score (nSPS) is 28.3. The molecule has 2 aliphatic rings. The Morgan fingerprint density at radius 2 is 2.00 bits per heavy atom. The fourth-order valence-corrected chi connectivity index (χ4v) is 3.16. The zero-order valence-corrected chi connectivity index (χ0v) is 13.7. The Bertz CT molecular complexity index is 497. The summed E-state index contributed by atoms with van der Waals surface area (Å²) in [6.45, 7) is 8.43. The predicted molar refractivity (Wildman–Crippen MR) is 79.0 cm³/mol. The van der Waals surface area contributed by atoms with Crippen molar-refractivity contribution < 1.29 is 19.1 Å². The van der Waals surface area contributed by atoms with Crippen LogP contribution in [0, 0.1) is 22.7 Å². The fourth-order valence-electron chi connectivity index (χ4n) is 3.16. The van der Waals surface area contributed by atoms with Crippen LogP contribution in [0.4, 0.5) is 4.79 Å². The highest BCUT2D eigenvalue weighted by molar-refractivity contribution is 5.92. The molecular formula is C16H24N2O4. The summed E-state index contributed by atoms with van der Waals surface area (Å²) in [7, 11) is 0. The van der Waals surface area contributed by atoms with Gasteiger partial charge in [0, 0.05) is 19.8 Å². The van der Waals surface area contributed by atoms with Crippen molar-refractivity contribution in [3.8, 4) is 6.07 Å². The predicted octanol–water partition coefficient (Wildman–Crippen LogP) is 2.13. The van der Waals surface area contributed by atoms with Gasteiger partial charge in [0.05, 0.1) is 17.5 Å². The van der Waals surface area contributed by atoms with Crippen LogP contribution in [0.15, 0.2) is 0 Å². The summed E-state index contributed by atoms with van der Waals surface area (Å²) in [5.74, 6) is -0.857. The number of nitriles is 1. The van der Waals surface area contributed by atoms with Gasteiger partial charge in [0.25, 0.3) is 0 Å². The number of ether oxygens (including phenoxy) is 2. The zero-order valence-electron chi connectivity index (χ0n) is 13.7. The number of likely N-dealkylation sites (tertiary alicyclic amines) is 1. The minimum absolute atomic E-state index is 0.0504. The molecule has 0 saturated carbocycles. The molecule has 0 radical (unpaired) electrons. The van der Waals surface area contributed by atoms with Crippen LogP contribution in [-0.4, -0.2) is 48.2 Å². The van der Waals surface area contributed by atoms with Crippen LogP contribution in [0.2, 0.25) is 0 Å². The molecule has 6 heteroatoms. The largest absolute Gasteiger partial charge is 0.444 e. The lowest BCUT2D eigenvalue weighted by Crippen LogP contribution is -2.61. The summed E-state index contributed by atoms with van der Waals surface area (Å²) in [6, 6.07) is 1.61. The van der Waals surface area contributed by atoms with E-state index < -0.39 is 29.1 Å². The molecular weight excluding hydrogens is 284 g/mol. The molecule has 2 fully saturated rings. The molecule has 1 spiro atoms. The van der Waals surface area contributed by atoms with Crippen molar-refractivity contribution >= 4 is 11.9 Å². The van der Waals surface area contributed by atoms with E-state index in [0.29, 0.717) is 32.6 Å². The van der Waals surface area contributed by atoms with Crippen molar-refractivity contribution in [2.45, 2.75) is 52.2 Å². The quantitative estimate of drug-likeness (QED) is 0.685. The second-order valence-electron chi connectivity index (χ2n) is 7.21. The van der Waals surface area contributed by atoms with E-state index in [9.17, 15) is 14.9 Å². The van der Waals surface area contributed by atoms with E-state index in [1.807, 2.05) is 0 Å². The minimum atomic E-state index is -0.806. The molecule has 122 valence electrons. The first-order valence-corrected chi connectivity index (χ1v) is 7.71. The average molecular weight is 308 g/mol. The van der Waals surface area contributed by atoms with Crippen LogP contribution in [0.5, 0.6) is 0 Å². The van der Waals surface area contributed by atoms with Gasteiger partial charge >= 0.3 is 6.09 Å². The maximum atomic E-state index is 12.7. The summed E-state index contributed by atoms with van der Waals surface area (Å²) >= 11 is 0. The monoisotopic (exact) mass is 308 g/mol. The smallest absolute Gasteiger partial charge is 0.410 e. The van der Waals surface area contributed by atoms with Gasteiger partial charge in [-0.2, -0.15) is 5.26 Å². The first kappa shape index (κ1) is 16.8. The molecule has 0 aromatic rings. The van der Waals surface area contributed by atoms with Crippen molar-refractivity contribution in [3.05, 3.63) is 0 Å². The van der Waals surface area contributed by atoms with Crippen LogP contribution >= 0.6 is 0 Å². The van der Waals surface area contributed by atoms with Crippen molar-refractivity contribution in [1.82, 2.24) is 4.90 Å². The van der Waals surface area contributed by atoms with Gasteiger partial charge < -0.3 is 14.4 Å². The van der Waals surface area contributed by atoms with Crippen molar-refractivity contribution in [2.75, 3.05) is 19.8 Å². The number of ketones is 1. The van der Waals surface area contributed by atoms with E-state index in [2.05, 4.69) is 6.07 Å². The highest BCUT2D eigenvalue weighted by Crippen LogP contribution is 2.41. The van der Waals surface area contributed by atoms with E-state index >= 15 is 0 Å². The lowest BCUT2D eigenvalue weighted by Gasteiger charge is -2.48. The number of Topliss-reactive ketones (excluding diaryl/α,β-unsaturated/α-hetero) is 1. The lowest BCUT2D eigenvalue weighted by molar-refractivity contribution is -0.146. The first-order chi connectivity index (χ1) is 10.2. The zero-order chi connectivity index (χ0) is 16.5. The summed E-state index contributed by atoms with van der Waals surface area (Å²) < 4.78 is 10.8. The van der Waals surface area contributed by atoms with E-state index in [0.717, 1.165) is 0 Å². The number of amides is 1. The molecule has 0 N–H and O–H groups in total. The second kappa shape index (κ2) is 5.88. The number of nitrogens with zero attached hydrogens (tertiary/aromatic N) is 2. The third-order valence-corrected chi connectivity index (χ3v) is 4.47. The summed E-state index contributed by atoms with van der Waals surface area (Å²) in [5, 5.41) is 9.40. The van der Waals surface area contributed by atoms with Crippen LogP contribution in [0.25, 0.3) is 0 Å². The molecule has 2 saturated heterocycles. The molecule has 0 bridgehead atoms. The van der Waals surface area contributed by atoms with Gasteiger partial charge in [0.1, 0.15) is 11.5 Å². The second-order valence-corrected chi connectivity index (χ2v) is 7.21. The minimum Gasteiger partial charge on any atom is -0.444 e. The SMILES string of the molecule is C[C@H]1C(C#N)C(=O)C2(CCOCC2)CN1C(=O)OC(C)(C)C. The van der Waals surface area contributed by atoms with Crippen LogP contribution < -0.4 is 0 Å². The molecule has 1 unspecified atom stereocenters. The molecule has 2 rings (SSSR count). The number of carbonyl (C=O) groups excluding carboxylic acids is 2. The molecule has 2 heterocycles. The average Bonchev–Trinajstić information content (AvgIpc) is 2.43. The van der Waals surface area contributed by atoms with Gasteiger partial charge in [-0.05, 0) is 40.5 Å². The third-order valence-electron chi connectivity index (χ3n) is 4.47. The lowest BCUT2D eigenvalue weighted by atomic mass is 9.67. The van der Waals surface area contributed by atoms with Gasteiger partial charge in [-0.15, -0.1) is 0 Å². The highest BCUT2D eigenvalue weighted by Gasteiger charge is 2.53. The first-order valence-electron chi connectivity index (χ1n) is 7.71. The third kappa shape index (κ3) is 3.09. The van der Waals surface area contributed by atoms with Crippen LogP contribution in [0.3, 0.4) is 0 Å². The van der Waals surface area contributed by atoms with Gasteiger partial charge in [-0.3, -0.25) is 4.79 Å². The maximum absolute atomic E-state index is 12.7. The van der Waals surface area contributed by atoms with Gasteiger partial charge in [0.15, 0.2) is 5.78 Å². The molecule has 0 aromatic carbocycles. The van der Waals surface area contributed by atoms with E-state index in [1.54, 1.807) is 32.6 Å². The Morgan fingerprint density at radius 1 is 1.41 bits per heavy atom. The standard InChI is InChI=1S/C16H24N2O4/c1-11-12(9-17)13(19)16(5-7-21-8-6-16)10-18(11)14(20)22-15(2,3)4/h11-12H,5-8,10H2,1-4H3/t11-,12?/m0/s1. The van der Waals surface area contributed by atoms with E-state index in [1.165, 1.54) is 0 Å². The Hall–Kier alpha value is -1.61. The van der Waals surface area contributed by atoms with Gasteiger partial charge in [-0.1, -0.05) is 0 Å². The highest BCUT2D eigenvalue weighted by atomic mass is 16.6. The van der Waals surface area contributed by atoms with Crippen molar-refractivity contribution in [3.63, 3.8) is 0 Å². The Kier molecular flexibility index (Phi) is 4.48.